The van der Waals surface area contributed by atoms with Crippen molar-refractivity contribution in [3.8, 4) is 0 Å². The molecule has 19 heteroatoms. The van der Waals surface area contributed by atoms with Gasteiger partial charge in [0.25, 0.3) is 0 Å². The number of carbonyl (C=O) groups excluding carboxylic acids is 4. The number of ether oxygens (including phenoxy) is 4. The van der Waals surface area contributed by atoms with Gasteiger partial charge in [-0.1, -0.05) is 427 Å². The Kier molecular flexibility index (Phi) is 78.8. The third-order valence-electron chi connectivity index (χ3n) is 21.3. The van der Waals surface area contributed by atoms with Crippen LogP contribution in [0.15, 0.2) is 0 Å². The van der Waals surface area contributed by atoms with E-state index in [1.54, 1.807) is 0 Å². The van der Waals surface area contributed by atoms with Gasteiger partial charge < -0.3 is 33.8 Å². The monoisotopic (exact) mass is 1580 g/mol. The van der Waals surface area contributed by atoms with E-state index in [0.29, 0.717) is 25.7 Å². The SMILES string of the molecule is CCCCCCCCCCCCCCCCCCCCCCCC(=O)OC[C@H](COP(=O)(O)OC[C@@H](O)COP(=O)(O)OC[C@@H](COC(=O)CCCCCCCCCCCCCC)OC(=O)CCCCCCCCCCCCC(C)CC)OC(=O)CCCCCCCCCCCCCCCCCCCCC(C)C. The van der Waals surface area contributed by atoms with Gasteiger partial charge in [0.1, 0.15) is 19.3 Å². The van der Waals surface area contributed by atoms with Gasteiger partial charge >= 0.3 is 39.5 Å². The third kappa shape index (κ3) is 80.7. The number of phosphoric ester groups is 2. The van der Waals surface area contributed by atoms with Crippen LogP contribution in [0.3, 0.4) is 0 Å². The predicted molar refractivity (Wildman–Crippen MR) is 446 cm³/mol. The Balaban J connectivity index is 5.23. The standard InChI is InChI=1S/C89H174O17P2/c1-7-10-12-14-16-18-20-22-23-24-25-26-27-31-34-37-41-48-54-60-66-72-87(92)100-77-84(105-88(93)73-67-61-55-49-42-38-35-32-29-28-30-33-36-39-45-51-57-63-69-81(4)5)79-103-107(95,96)101-75-83(90)76-102-108(97,98)104-80-85(78-99-86(91)71-65-59-53-47-40-21-19-17-15-13-11-8-2)106-89(94)74-68-62-56-50-44-43-46-52-58-64-70-82(6)9-3/h81-85,90H,7-80H2,1-6H3,(H,95,96)(H,97,98)/t82?,83-,84-,85-/m1/s1. The lowest BCUT2D eigenvalue weighted by atomic mass is 9.99. The Labute approximate surface area is 664 Å². The van der Waals surface area contributed by atoms with Crippen LogP contribution in [0.1, 0.15) is 478 Å². The lowest BCUT2D eigenvalue weighted by Crippen LogP contribution is -2.30. The number of rotatable bonds is 88. The summed E-state index contributed by atoms with van der Waals surface area (Å²) >= 11 is 0. The zero-order valence-electron chi connectivity index (χ0n) is 71.2. The molecule has 0 heterocycles. The lowest BCUT2D eigenvalue weighted by Gasteiger charge is -2.21. The van der Waals surface area contributed by atoms with E-state index < -0.39 is 97.5 Å². The van der Waals surface area contributed by atoms with Crippen molar-refractivity contribution in [2.45, 2.75) is 496 Å². The zero-order valence-corrected chi connectivity index (χ0v) is 73.0. The first-order valence-corrected chi connectivity index (χ1v) is 49.0. The van der Waals surface area contributed by atoms with E-state index in [1.165, 1.54) is 295 Å². The van der Waals surface area contributed by atoms with Gasteiger partial charge in [0, 0.05) is 25.7 Å². The smallest absolute Gasteiger partial charge is 0.462 e. The summed E-state index contributed by atoms with van der Waals surface area (Å²) in [5, 5.41) is 10.7. The summed E-state index contributed by atoms with van der Waals surface area (Å²) < 4.78 is 69.0. The number of hydrogen-bond acceptors (Lipinski definition) is 15. The maximum Gasteiger partial charge on any atom is 0.472 e. The Morgan fingerprint density at radius 1 is 0.269 bits per heavy atom. The second-order valence-corrected chi connectivity index (χ2v) is 35.6. The normalized spacial score (nSPS) is 14.0. The summed E-state index contributed by atoms with van der Waals surface area (Å²) in [6, 6.07) is 0. The first-order chi connectivity index (χ1) is 52.4. The highest BCUT2D eigenvalue weighted by Crippen LogP contribution is 2.45. The van der Waals surface area contributed by atoms with Crippen LogP contribution in [0.2, 0.25) is 0 Å². The largest absolute Gasteiger partial charge is 0.472 e. The number of carbonyl (C=O) groups is 4. The number of phosphoric acid groups is 2. The molecular formula is C89H174O17P2. The third-order valence-corrected chi connectivity index (χ3v) is 23.2. The van der Waals surface area contributed by atoms with Gasteiger partial charge in [-0.15, -0.1) is 0 Å². The molecule has 0 bridgehead atoms. The molecule has 17 nitrogen and oxygen atoms in total. The molecule has 3 N–H and O–H groups in total. The summed E-state index contributed by atoms with van der Waals surface area (Å²) in [4.78, 5) is 73.3. The molecule has 0 amide bonds. The molecule has 0 saturated heterocycles. The molecular weight excluding hydrogens is 1400 g/mol. The molecule has 6 atom stereocenters. The quantitative estimate of drug-likeness (QED) is 0.0222. The van der Waals surface area contributed by atoms with Crippen LogP contribution in [-0.2, 0) is 65.4 Å². The van der Waals surface area contributed by atoms with Crippen LogP contribution >= 0.6 is 15.6 Å². The van der Waals surface area contributed by atoms with Crippen molar-refractivity contribution in [2.75, 3.05) is 39.6 Å². The van der Waals surface area contributed by atoms with Crippen molar-refractivity contribution in [2.24, 2.45) is 11.8 Å². The van der Waals surface area contributed by atoms with Crippen molar-refractivity contribution >= 4 is 39.5 Å². The topological polar surface area (TPSA) is 237 Å². The molecule has 0 radical (unpaired) electrons. The molecule has 0 aliphatic carbocycles. The molecule has 0 rings (SSSR count). The molecule has 108 heavy (non-hydrogen) atoms. The van der Waals surface area contributed by atoms with Gasteiger partial charge in [-0.05, 0) is 37.5 Å². The van der Waals surface area contributed by atoms with E-state index in [0.717, 1.165) is 102 Å². The van der Waals surface area contributed by atoms with Gasteiger partial charge in [0.15, 0.2) is 12.2 Å². The van der Waals surface area contributed by atoms with E-state index in [2.05, 4.69) is 41.5 Å². The maximum absolute atomic E-state index is 13.2. The highest BCUT2D eigenvalue weighted by molar-refractivity contribution is 7.47. The average Bonchev–Trinajstić information content (AvgIpc) is 0.900. The van der Waals surface area contributed by atoms with Crippen LogP contribution in [0.25, 0.3) is 0 Å². The van der Waals surface area contributed by atoms with Crippen LogP contribution < -0.4 is 0 Å². The van der Waals surface area contributed by atoms with Crippen molar-refractivity contribution in [1.29, 1.82) is 0 Å². The predicted octanol–water partition coefficient (Wildman–Crippen LogP) is 27.4. The van der Waals surface area contributed by atoms with Gasteiger partial charge in [-0.25, -0.2) is 9.13 Å². The van der Waals surface area contributed by atoms with Crippen molar-refractivity contribution in [3.63, 3.8) is 0 Å². The average molecular weight is 1580 g/mol. The summed E-state index contributed by atoms with van der Waals surface area (Å²) in [5.41, 5.74) is 0. The summed E-state index contributed by atoms with van der Waals surface area (Å²) in [6.07, 6.45) is 73.6. The molecule has 0 aromatic heterocycles. The Morgan fingerprint density at radius 3 is 0.704 bits per heavy atom. The fourth-order valence-corrected chi connectivity index (χ4v) is 15.5. The molecule has 0 spiro atoms. The Morgan fingerprint density at radius 2 is 0.472 bits per heavy atom. The number of esters is 4. The highest BCUT2D eigenvalue weighted by Gasteiger charge is 2.31. The van der Waals surface area contributed by atoms with Crippen molar-refractivity contribution in [3.05, 3.63) is 0 Å². The van der Waals surface area contributed by atoms with E-state index in [1.807, 2.05) is 0 Å². The zero-order chi connectivity index (χ0) is 79.2. The van der Waals surface area contributed by atoms with Crippen LogP contribution in [0, 0.1) is 11.8 Å². The van der Waals surface area contributed by atoms with Crippen LogP contribution in [0.5, 0.6) is 0 Å². The van der Waals surface area contributed by atoms with E-state index in [-0.39, 0.29) is 25.7 Å². The Hall–Kier alpha value is -1.94. The molecule has 0 fully saturated rings. The van der Waals surface area contributed by atoms with Gasteiger partial charge in [0.05, 0.1) is 26.4 Å². The number of aliphatic hydroxyl groups is 1. The molecule has 0 aliphatic heterocycles. The summed E-state index contributed by atoms with van der Waals surface area (Å²) in [7, 11) is -9.93. The molecule has 0 aromatic carbocycles. The van der Waals surface area contributed by atoms with E-state index in [9.17, 15) is 43.2 Å². The second-order valence-electron chi connectivity index (χ2n) is 32.7. The van der Waals surface area contributed by atoms with E-state index >= 15 is 0 Å². The Bertz CT molecular complexity index is 2070. The molecule has 642 valence electrons. The fraction of sp³-hybridized carbons (Fsp3) is 0.955. The molecule has 0 saturated carbocycles. The minimum atomic E-state index is -4.97. The summed E-state index contributed by atoms with van der Waals surface area (Å²) in [6.45, 7) is 9.75. The van der Waals surface area contributed by atoms with Gasteiger partial charge in [-0.3, -0.25) is 37.3 Å². The van der Waals surface area contributed by atoms with Gasteiger partial charge in [-0.2, -0.15) is 0 Å². The van der Waals surface area contributed by atoms with Crippen molar-refractivity contribution in [1.82, 2.24) is 0 Å². The molecule has 0 aromatic rings. The minimum absolute atomic E-state index is 0.107. The lowest BCUT2D eigenvalue weighted by molar-refractivity contribution is -0.161. The number of unbranched alkanes of at least 4 members (excludes halogenated alkanes) is 57. The van der Waals surface area contributed by atoms with Gasteiger partial charge in [0.2, 0.25) is 0 Å². The summed E-state index contributed by atoms with van der Waals surface area (Å²) in [5.74, 6) is -0.475. The van der Waals surface area contributed by atoms with Crippen molar-refractivity contribution < 1.29 is 80.2 Å². The number of hydrogen-bond donors (Lipinski definition) is 3. The molecule has 0 aliphatic rings. The highest BCUT2D eigenvalue weighted by atomic mass is 31.2. The van der Waals surface area contributed by atoms with Crippen LogP contribution in [0.4, 0.5) is 0 Å². The molecule has 3 unspecified atom stereocenters. The first-order valence-electron chi connectivity index (χ1n) is 46.0. The first kappa shape index (κ1) is 106. The fourth-order valence-electron chi connectivity index (χ4n) is 13.9. The van der Waals surface area contributed by atoms with E-state index in [4.69, 9.17) is 37.0 Å². The number of aliphatic hydroxyl groups excluding tert-OH is 1. The maximum atomic E-state index is 13.2. The second kappa shape index (κ2) is 80.3. The minimum Gasteiger partial charge on any atom is -0.462 e. The van der Waals surface area contributed by atoms with Crippen LogP contribution in [-0.4, -0.2) is 96.7 Å².